The fraction of sp³-hybridized carbons (Fsp3) is 0.345. The number of nitrogens with zero attached hydrogens (tertiary/aromatic N) is 2. The molecule has 3 aromatic rings. The number of fused-ring (bicyclic) bond motifs is 1. The van der Waals surface area contributed by atoms with Crippen molar-refractivity contribution < 1.29 is 32.2 Å². The van der Waals surface area contributed by atoms with E-state index in [2.05, 4.69) is 16.8 Å². The number of likely N-dealkylation sites (tertiary alicyclic amines) is 1. The Balaban J connectivity index is 1.42. The van der Waals surface area contributed by atoms with Gasteiger partial charge >= 0.3 is 5.97 Å². The van der Waals surface area contributed by atoms with Crippen molar-refractivity contribution in [1.82, 2.24) is 9.88 Å². The lowest BCUT2D eigenvalue weighted by Gasteiger charge is -2.36. The van der Waals surface area contributed by atoms with Gasteiger partial charge in [0, 0.05) is 36.2 Å². The number of ketones is 1. The molecule has 0 aliphatic carbocycles. The minimum Gasteiger partial charge on any atom is -0.497 e. The summed E-state index contributed by atoms with van der Waals surface area (Å²) in [5.74, 6) is 1.46. The Morgan fingerprint density at radius 1 is 1.13 bits per heavy atom. The standard InChI is InChI=1S/C29H27F3N2O4/c1-37-21-6-7-26-23(16-21)22(9-11-33-26)27(35)8-5-18-10-13-34(17-24(18)29(36)38-2)12-3-4-19-14-20(30)15-25(31)28(19)32/h6-7,9,11,14-16,18,24H,5,8,10,12-13,17H2,1-2H3. The van der Waals surface area contributed by atoms with Crippen LogP contribution in [0.5, 0.6) is 5.75 Å². The van der Waals surface area contributed by atoms with Crippen LogP contribution in [0.15, 0.2) is 42.6 Å². The maximum atomic E-state index is 13.9. The van der Waals surface area contributed by atoms with Gasteiger partial charge in [-0.25, -0.2) is 13.2 Å². The Morgan fingerprint density at radius 2 is 1.95 bits per heavy atom. The quantitative estimate of drug-likeness (QED) is 0.192. The SMILES string of the molecule is COC(=O)C1CN(CC#Cc2cc(F)cc(F)c2F)CCC1CCC(=O)c1ccnc2ccc(OC)cc12. The predicted molar refractivity (Wildman–Crippen MR) is 135 cm³/mol. The number of carbonyl (C=O) groups is 2. The predicted octanol–water partition coefficient (Wildman–Crippen LogP) is 4.79. The Morgan fingerprint density at radius 3 is 2.71 bits per heavy atom. The number of methoxy groups -OCH3 is 2. The van der Waals surface area contributed by atoms with Crippen molar-refractivity contribution in [2.24, 2.45) is 11.8 Å². The van der Waals surface area contributed by atoms with Gasteiger partial charge in [-0.2, -0.15) is 0 Å². The second-order valence-electron chi connectivity index (χ2n) is 9.17. The fourth-order valence-corrected chi connectivity index (χ4v) is 4.82. The molecule has 0 radical (unpaired) electrons. The van der Waals surface area contributed by atoms with E-state index in [1.807, 2.05) is 4.90 Å². The first-order chi connectivity index (χ1) is 18.3. The number of rotatable bonds is 7. The molecule has 2 unspecified atom stereocenters. The van der Waals surface area contributed by atoms with E-state index >= 15 is 0 Å². The minimum atomic E-state index is -1.30. The number of halogens is 3. The zero-order valence-electron chi connectivity index (χ0n) is 21.1. The molecule has 0 bridgehead atoms. The second-order valence-corrected chi connectivity index (χ2v) is 9.17. The van der Waals surface area contributed by atoms with Gasteiger partial charge in [0.15, 0.2) is 17.4 Å². The summed E-state index contributed by atoms with van der Waals surface area (Å²) in [6.45, 7) is 1.12. The van der Waals surface area contributed by atoms with E-state index in [0.29, 0.717) is 54.2 Å². The van der Waals surface area contributed by atoms with Crippen molar-refractivity contribution in [2.45, 2.75) is 19.3 Å². The highest BCUT2D eigenvalue weighted by atomic mass is 19.2. The number of hydrogen-bond acceptors (Lipinski definition) is 6. The third kappa shape index (κ3) is 6.14. The lowest BCUT2D eigenvalue weighted by Crippen LogP contribution is -2.44. The summed E-state index contributed by atoms with van der Waals surface area (Å²) in [5, 5.41) is 0.712. The molecule has 4 rings (SSSR count). The number of carbonyl (C=O) groups excluding carboxylic acids is 2. The molecule has 1 fully saturated rings. The van der Waals surface area contributed by atoms with E-state index in [1.165, 1.54) is 7.11 Å². The third-order valence-electron chi connectivity index (χ3n) is 6.85. The molecule has 2 heterocycles. The van der Waals surface area contributed by atoms with Crippen molar-refractivity contribution >= 4 is 22.7 Å². The summed E-state index contributed by atoms with van der Waals surface area (Å²) in [6, 6.07) is 8.37. The van der Waals surface area contributed by atoms with E-state index in [-0.39, 0.29) is 36.2 Å². The monoisotopic (exact) mass is 524 g/mol. The summed E-state index contributed by atoms with van der Waals surface area (Å²) in [4.78, 5) is 32.0. The molecule has 0 N–H and O–H groups in total. The first-order valence-electron chi connectivity index (χ1n) is 12.2. The molecule has 1 saturated heterocycles. The maximum absolute atomic E-state index is 13.9. The zero-order valence-corrected chi connectivity index (χ0v) is 21.1. The fourth-order valence-electron chi connectivity index (χ4n) is 4.82. The van der Waals surface area contributed by atoms with Crippen LogP contribution in [-0.4, -0.2) is 55.5 Å². The van der Waals surface area contributed by atoms with Crippen molar-refractivity contribution in [1.29, 1.82) is 0 Å². The van der Waals surface area contributed by atoms with E-state index in [9.17, 15) is 22.8 Å². The molecular formula is C29H27F3N2O4. The number of piperidine rings is 1. The highest BCUT2D eigenvalue weighted by Crippen LogP contribution is 2.30. The van der Waals surface area contributed by atoms with Gasteiger partial charge in [0.2, 0.25) is 0 Å². The molecule has 0 saturated carbocycles. The third-order valence-corrected chi connectivity index (χ3v) is 6.85. The number of esters is 1. The zero-order chi connectivity index (χ0) is 27.2. The van der Waals surface area contributed by atoms with Crippen molar-refractivity contribution in [3.8, 4) is 17.6 Å². The van der Waals surface area contributed by atoms with Gasteiger partial charge < -0.3 is 9.47 Å². The van der Waals surface area contributed by atoms with Gasteiger partial charge in [0.25, 0.3) is 0 Å². The average molecular weight is 525 g/mol. The van der Waals surface area contributed by atoms with Crippen LogP contribution in [0, 0.1) is 41.1 Å². The average Bonchev–Trinajstić information content (AvgIpc) is 2.93. The van der Waals surface area contributed by atoms with Crippen LogP contribution in [0.1, 0.15) is 35.2 Å². The lowest BCUT2D eigenvalue weighted by atomic mass is 9.81. The smallest absolute Gasteiger partial charge is 0.310 e. The molecule has 0 spiro atoms. The molecule has 2 atom stereocenters. The number of pyridine rings is 1. The molecule has 6 nitrogen and oxygen atoms in total. The maximum Gasteiger partial charge on any atom is 0.310 e. The number of Topliss-reactive ketones (excluding diaryl/α,β-unsaturated/α-hetero) is 1. The molecule has 9 heteroatoms. The van der Waals surface area contributed by atoms with Crippen molar-refractivity contribution in [2.75, 3.05) is 33.9 Å². The number of hydrogen-bond donors (Lipinski definition) is 0. The minimum absolute atomic E-state index is 0.0492. The molecule has 198 valence electrons. The van der Waals surface area contributed by atoms with Crippen LogP contribution < -0.4 is 4.74 Å². The van der Waals surface area contributed by atoms with Crippen LogP contribution in [0.2, 0.25) is 0 Å². The Kier molecular flexibility index (Phi) is 8.64. The van der Waals surface area contributed by atoms with E-state index < -0.39 is 23.4 Å². The molecule has 0 amide bonds. The first kappa shape index (κ1) is 27.1. The molecule has 38 heavy (non-hydrogen) atoms. The van der Waals surface area contributed by atoms with E-state index in [4.69, 9.17) is 9.47 Å². The van der Waals surface area contributed by atoms with Gasteiger partial charge in [-0.05, 0) is 55.6 Å². The molecule has 1 aliphatic rings. The van der Waals surface area contributed by atoms with E-state index in [1.54, 1.807) is 37.6 Å². The van der Waals surface area contributed by atoms with Gasteiger partial charge in [-0.1, -0.05) is 11.8 Å². The van der Waals surface area contributed by atoms with Gasteiger partial charge in [0.05, 0.1) is 37.8 Å². The van der Waals surface area contributed by atoms with Crippen LogP contribution in [0.4, 0.5) is 13.2 Å². The van der Waals surface area contributed by atoms with Crippen LogP contribution in [-0.2, 0) is 9.53 Å². The summed E-state index contributed by atoms with van der Waals surface area (Å²) in [6.07, 6.45) is 2.98. The highest BCUT2D eigenvalue weighted by Gasteiger charge is 2.35. The van der Waals surface area contributed by atoms with Gasteiger partial charge in [-0.15, -0.1) is 0 Å². The molecule has 1 aromatic heterocycles. The summed E-state index contributed by atoms with van der Waals surface area (Å²) >= 11 is 0. The normalized spacial score (nSPS) is 17.5. The second kappa shape index (κ2) is 12.1. The Labute approximate surface area is 218 Å². The summed E-state index contributed by atoms with van der Waals surface area (Å²) in [5.41, 5.74) is 0.887. The van der Waals surface area contributed by atoms with Crippen molar-refractivity contribution in [3.05, 3.63) is 71.2 Å². The summed E-state index contributed by atoms with van der Waals surface area (Å²) < 4.78 is 51.0. The largest absolute Gasteiger partial charge is 0.497 e. The van der Waals surface area contributed by atoms with Crippen LogP contribution in [0.3, 0.4) is 0 Å². The Bertz CT molecular complexity index is 1420. The van der Waals surface area contributed by atoms with Crippen LogP contribution >= 0.6 is 0 Å². The molecular weight excluding hydrogens is 497 g/mol. The molecule has 1 aliphatic heterocycles. The lowest BCUT2D eigenvalue weighted by molar-refractivity contribution is -0.149. The van der Waals surface area contributed by atoms with Gasteiger partial charge in [0.1, 0.15) is 11.6 Å². The summed E-state index contributed by atoms with van der Waals surface area (Å²) in [7, 11) is 2.88. The number of benzene rings is 2. The first-order valence-corrected chi connectivity index (χ1v) is 12.2. The number of aromatic nitrogens is 1. The molecule has 2 aromatic carbocycles. The van der Waals surface area contributed by atoms with E-state index in [0.717, 1.165) is 6.07 Å². The number of ether oxygens (including phenoxy) is 2. The van der Waals surface area contributed by atoms with Crippen molar-refractivity contribution in [3.63, 3.8) is 0 Å². The topological polar surface area (TPSA) is 68.7 Å². The Hall–Kier alpha value is -3.90. The van der Waals surface area contributed by atoms with Gasteiger partial charge in [-0.3, -0.25) is 19.5 Å². The highest BCUT2D eigenvalue weighted by molar-refractivity contribution is 6.07. The van der Waals surface area contributed by atoms with Crippen LogP contribution in [0.25, 0.3) is 10.9 Å².